The number of hydrogen-bond donors (Lipinski definition) is 0. The predicted molar refractivity (Wildman–Crippen MR) is 114 cm³/mol. The molecule has 0 N–H and O–H groups in total. The molecule has 3 aromatic rings. The van der Waals surface area contributed by atoms with Crippen molar-refractivity contribution < 1.29 is 0 Å². The standard InChI is InChI=1S/C22H28N4S/c1-3-4-11-17-15-9-7-10-16(15)18-19-20(27-22(18)25-17)21(24-13-23-19)26-12-6-5-8-14(26)2/h13-14H,3-12H2,1-2H3. The normalized spacial score (nSPS) is 19.9. The summed E-state index contributed by atoms with van der Waals surface area (Å²) in [5.74, 6) is 1.14. The Morgan fingerprint density at radius 2 is 2.04 bits per heavy atom. The smallest absolute Gasteiger partial charge is 0.150 e. The molecule has 2 aliphatic rings. The van der Waals surface area contributed by atoms with E-state index in [0.717, 1.165) is 24.3 Å². The molecule has 0 bridgehead atoms. The highest BCUT2D eigenvalue weighted by atomic mass is 32.1. The van der Waals surface area contributed by atoms with Gasteiger partial charge >= 0.3 is 0 Å². The van der Waals surface area contributed by atoms with Crippen LogP contribution < -0.4 is 4.90 Å². The number of thiophene rings is 1. The highest BCUT2D eigenvalue weighted by Gasteiger charge is 2.27. The molecule has 1 aliphatic carbocycles. The number of unbranched alkanes of at least 4 members (excludes halogenated alkanes) is 1. The van der Waals surface area contributed by atoms with Crippen molar-refractivity contribution in [1.29, 1.82) is 0 Å². The molecular weight excluding hydrogens is 352 g/mol. The molecule has 0 saturated carbocycles. The maximum Gasteiger partial charge on any atom is 0.150 e. The predicted octanol–water partition coefficient (Wildman–Crippen LogP) is 5.45. The highest BCUT2D eigenvalue weighted by molar-refractivity contribution is 7.26. The van der Waals surface area contributed by atoms with Crippen LogP contribution in [0.25, 0.3) is 20.4 Å². The van der Waals surface area contributed by atoms with Crippen LogP contribution in [0.15, 0.2) is 6.33 Å². The molecule has 3 aromatic heterocycles. The van der Waals surface area contributed by atoms with Crippen molar-refractivity contribution in [2.45, 2.75) is 77.7 Å². The summed E-state index contributed by atoms with van der Waals surface area (Å²) in [5, 5.41) is 1.33. The van der Waals surface area contributed by atoms with Crippen molar-refractivity contribution in [2.75, 3.05) is 11.4 Å². The molecule has 0 aromatic carbocycles. The minimum absolute atomic E-state index is 0.556. The van der Waals surface area contributed by atoms with Crippen LogP contribution in [0.5, 0.6) is 0 Å². The van der Waals surface area contributed by atoms with E-state index in [2.05, 4.69) is 18.7 Å². The molecule has 5 rings (SSSR count). The number of anilines is 1. The zero-order valence-corrected chi connectivity index (χ0v) is 17.2. The zero-order chi connectivity index (χ0) is 18.4. The quantitative estimate of drug-likeness (QED) is 0.603. The molecule has 1 saturated heterocycles. The van der Waals surface area contributed by atoms with Crippen molar-refractivity contribution in [3.63, 3.8) is 0 Å². The molecule has 1 fully saturated rings. The Morgan fingerprint density at radius 3 is 2.89 bits per heavy atom. The third kappa shape index (κ3) is 2.82. The minimum Gasteiger partial charge on any atom is -0.353 e. The maximum absolute atomic E-state index is 5.16. The molecular formula is C22H28N4S. The number of pyridine rings is 1. The number of rotatable bonds is 4. The first-order chi connectivity index (χ1) is 13.3. The number of aromatic nitrogens is 3. The van der Waals surface area contributed by atoms with E-state index in [4.69, 9.17) is 15.0 Å². The van der Waals surface area contributed by atoms with Gasteiger partial charge in [-0.1, -0.05) is 13.3 Å². The fourth-order valence-corrected chi connectivity index (χ4v) is 6.12. The van der Waals surface area contributed by atoms with Crippen LogP contribution in [0.2, 0.25) is 0 Å². The molecule has 5 heteroatoms. The Bertz CT molecular complexity index is 993. The third-order valence-electron chi connectivity index (χ3n) is 6.38. The van der Waals surface area contributed by atoms with Gasteiger partial charge in [0.2, 0.25) is 0 Å². The van der Waals surface area contributed by atoms with Gasteiger partial charge in [-0.15, -0.1) is 11.3 Å². The molecule has 4 heterocycles. The van der Waals surface area contributed by atoms with Crippen molar-refractivity contribution in [2.24, 2.45) is 0 Å². The van der Waals surface area contributed by atoms with Crippen LogP contribution in [0.4, 0.5) is 5.82 Å². The summed E-state index contributed by atoms with van der Waals surface area (Å²) < 4.78 is 1.25. The lowest BCUT2D eigenvalue weighted by atomic mass is 10.0. The van der Waals surface area contributed by atoms with Crippen LogP contribution in [-0.2, 0) is 19.3 Å². The SMILES string of the molecule is CCCCc1nc2sc3c(N4CCCCC4C)ncnc3c2c2c1CCC2. The topological polar surface area (TPSA) is 41.9 Å². The molecule has 1 unspecified atom stereocenters. The Hall–Kier alpha value is -1.75. The van der Waals surface area contributed by atoms with E-state index in [0.29, 0.717) is 6.04 Å². The van der Waals surface area contributed by atoms with Gasteiger partial charge in [0.05, 0.1) is 10.2 Å². The van der Waals surface area contributed by atoms with Gasteiger partial charge < -0.3 is 4.90 Å². The van der Waals surface area contributed by atoms with Crippen molar-refractivity contribution in [3.8, 4) is 0 Å². The first kappa shape index (κ1) is 17.4. The number of fused-ring (bicyclic) bond motifs is 5. The lowest BCUT2D eigenvalue weighted by Gasteiger charge is -2.34. The van der Waals surface area contributed by atoms with E-state index in [1.807, 2.05) is 11.3 Å². The van der Waals surface area contributed by atoms with Gasteiger partial charge in [-0.25, -0.2) is 15.0 Å². The molecule has 0 radical (unpaired) electrons. The fourth-order valence-electron chi connectivity index (χ4n) is 4.93. The second kappa shape index (κ2) is 7.01. The van der Waals surface area contributed by atoms with Gasteiger partial charge in [0.25, 0.3) is 0 Å². The van der Waals surface area contributed by atoms with Crippen molar-refractivity contribution >= 4 is 37.6 Å². The molecule has 0 amide bonds. The first-order valence-corrected chi connectivity index (χ1v) is 11.4. The molecule has 142 valence electrons. The molecule has 0 spiro atoms. The van der Waals surface area contributed by atoms with Gasteiger partial charge in [0.1, 0.15) is 17.0 Å². The van der Waals surface area contributed by atoms with E-state index in [-0.39, 0.29) is 0 Å². The Kier molecular flexibility index (Phi) is 4.50. The van der Waals surface area contributed by atoms with Crippen LogP contribution in [-0.4, -0.2) is 27.5 Å². The monoisotopic (exact) mass is 380 g/mol. The highest BCUT2D eigenvalue weighted by Crippen LogP contribution is 2.42. The van der Waals surface area contributed by atoms with E-state index < -0.39 is 0 Å². The maximum atomic E-state index is 5.16. The second-order valence-electron chi connectivity index (χ2n) is 8.17. The van der Waals surface area contributed by atoms with Crippen LogP contribution in [0.1, 0.15) is 69.2 Å². The average molecular weight is 381 g/mol. The van der Waals surface area contributed by atoms with E-state index in [1.54, 1.807) is 6.33 Å². The molecule has 4 nitrogen and oxygen atoms in total. The Labute approximate surface area is 165 Å². The van der Waals surface area contributed by atoms with Crippen molar-refractivity contribution in [1.82, 2.24) is 15.0 Å². The summed E-state index contributed by atoms with van der Waals surface area (Å²) in [6.07, 6.45) is 12.8. The van der Waals surface area contributed by atoms with Crippen LogP contribution in [0, 0.1) is 0 Å². The van der Waals surface area contributed by atoms with E-state index >= 15 is 0 Å². The van der Waals surface area contributed by atoms with Gasteiger partial charge in [-0.05, 0) is 69.4 Å². The van der Waals surface area contributed by atoms with Crippen LogP contribution in [0.3, 0.4) is 0 Å². The third-order valence-corrected chi connectivity index (χ3v) is 7.45. The van der Waals surface area contributed by atoms with Gasteiger partial charge in [0.15, 0.2) is 0 Å². The number of nitrogens with zero attached hydrogens (tertiary/aromatic N) is 4. The summed E-state index contributed by atoms with van der Waals surface area (Å²) in [6, 6.07) is 0.556. The summed E-state index contributed by atoms with van der Waals surface area (Å²) in [4.78, 5) is 18.3. The number of piperidine rings is 1. The van der Waals surface area contributed by atoms with Crippen LogP contribution >= 0.6 is 11.3 Å². The Balaban J connectivity index is 1.72. The van der Waals surface area contributed by atoms with Gasteiger partial charge in [-0.2, -0.15) is 0 Å². The number of aryl methyl sites for hydroxylation is 2. The summed E-state index contributed by atoms with van der Waals surface area (Å²) in [5.41, 5.74) is 5.56. The number of hydrogen-bond acceptors (Lipinski definition) is 5. The van der Waals surface area contributed by atoms with Gasteiger partial charge in [0, 0.05) is 23.7 Å². The lowest BCUT2D eigenvalue weighted by Crippen LogP contribution is -2.38. The first-order valence-electron chi connectivity index (χ1n) is 10.6. The van der Waals surface area contributed by atoms with Gasteiger partial charge in [-0.3, -0.25) is 0 Å². The average Bonchev–Trinajstić information content (AvgIpc) is 3.30. The largest absolute Gasteiger partial charge is 0.353 e. The summed E-state index contributed by atoms with van der Waals surface area (Å²) in [6.45, 7) is 5.70. The Morgan fingerprint density at radius 1 is 1.15 bits per heavy atom. The van der Waals surface area contributed by atoms with E-state index in [9.17, 15) is 0 Å². The summed E-state index contributed by atoms with van der Waals surface area (Å²) >= 11 is 1.82. The fraction of sp³-hybridized carbons (Fsp3) is 0.591. The molecule has 1 atom stereocenters. The zero-order valence-electron chi connectivity index (χ0n) is 16.4. The molecule has 1 aliphatic heterocycles. The van der Waals surface area contributed by atoms with Crippen molar-refractivity contribution in [3.05, 3.63) is 23.1 Å². The van der Waals surface area contributed by atoms with E-state index in [1.165, 1.54) is 83.1 Å². The molecule has 27 heavy (non-hydrogen) atoms. The second-order valence-corrected chi connectivity index (χ2v) is 9.17. The lowest BCUT2D eigenvalue weighted by molar-refractivity contribution is 0.482. The summed E-state index contributed by atoms with van der Waals surface area (Å²) in [7, 11) is 0. The minimum atomic E-state index is 0.556.